The van der Waals surface area contributed by atoms with Gasteiger partial charge in [-0.2, -0.15) is 0 Å². The molecule has 0 heterocycles. The van der Waals surface area contributed by atoms with E-state index in [2.05, 4.69) is 106 Å². The minimum Gasteiger partial charge on any atom is -0.388 e. The van der Waals surface area contributed by atoms with Crippen molar-refractivity contribution in [3.63, 3.8) is 0 Å². The summed E-state index contributed by atoms with van der Waals surface area (Å²) in [5.74, 6) is 0. The van der Waals surface area contributed by atoms with Gasteiger partial charge in [0.2, 0.25) is 0 Å². The molecule has 0 saturated carbocycles. The van der Waals surface area contributed by atoms with Crippen LogP contribution in [0.5, 0.6) is 0 Å². The Morgan fingerprint density at radius 3 is 2.12 bits per heavy atom. The second-order valence-corrected chi connectivity index (χ2v) is 8.89. The molecule has 1 aliphatic rings. The van der Waals surface area contributed by atoms with Crippen LogP contribution in [-0.2, 0) is 0 Å². The second kappa shape index (κ2) is 9.92. The highest BCUT2D eigenvalue weighted by Gasteiger charge is 2.09. The summed E-state index contributed by atoms with van der Waals surface area (Å²) in [5, 5.41) is 6.73. The molecule has 0 unspecified atom stereocenters. The molecule has 3 aromatic rings. The van der Waals surface area contributed by atoms with E-state index in [0.717, 1.165) is 51.0 Å². The van der Waals surface area contributed by atoms with E-state index in [4.69, 9.17) is 9.98 Å². The molecule has 34 heavy (non-hydrogen) atoms. The van der Waals surface area contributed by atoms with Crippen LogP contribution in [0.15, 0.2) is 88.4 Å². The van der Waals surface area contributed by atoms with Crippen molar-refractivity contribution < 1.29 is 0 Å². The highest BCUT2D eigenvalue weighted by Crippen LogP contribution is 2.28. The van der Waals surface area contributed by atoms with Crippen molar-refractivity contribution in [2.75, 3.05) is 17.7 Å². The lowest BCUT2D eigenvalue weighted by Gasteiger charge is -2.13. The smallest absolute Gasteiger partial charge is 0.0667 e. The van der Waals surface area contributed by atoms with Crippen molar-refractivity contribution in [3.05, 3.63) is 101 Å². The molecule has 1 aliphatic carbocycles. The number of aliphatic imine (C=N–C) groups is 2. The number of anilines is 3. The first-order valence-corrected chi connectivity index (χ1v) is 11.6. The van der Waals surface area contributed by atoms with E-state index in [1.165, 1.54) is 16.7 Å². The van der Waals surface area contributed by atoms with E-state index in [9.17, 15) is 0 Å². The number of nitrogens with zero attached hydrogens (tertiary/aromatic N) is 2. The molecule has 0 radical (unpaired) electrons. The Bertz CT molecular complexity index is 1360. The molecule has 3 aromatic carbocycles. The van der Waals surface area contributed by atoms with Gasteiger partial charge in [0.1, 0.15) is 0 Å². The van der Waals surface area contributed by atoms with E-state index in [0.29, 0.717) is 0 Å². The van der Waals surface area contributed by atoms with Gasteiger partial charge in [-0.05, 0) is 118 Å². The molecule has 0 fully saturated rings. The summed E-state index contributed by atoms with van der Waals surface area (Å²) in [6.45, 7) is 10.5. The number of nitrogens with one attached hydrogen (secondary N) is 2. The SMILES string of the molecule is CNc1ccc(Nc2ccc(N=C3C=CC(=Nc4ccc(C)cc4C)C=C3C)cc2C)cc1C. The van der Waals surface area contributed by atoms with Crippen molar-refractivity contribution in [2.45, 2.75) is 34.6 Å². The zero-order chi connectivity index (χ0) is 24.2. The average Bonchev–Trinajstić information content (AvgIpc) is 2.79. The van der Waals surface area contributed by atoms with Crippen molar-refractivity contribution in [1.82, 2.24) is 0 Å². The van der Waals surface area contributed by atoms with E-state index in [1.807, 2.05) is 19.2 Å². The Balaban J connectivity index is 1.51. The summed E-state index contributed by atoms with van der Waals surface area (Å²) in [6, 6.07) is 18.9. The number of rotatable bonds is 5. The lowest BCUT2D eigenvalue weighted by molar-refractivity contribution is 1.34. The maximum absolute atomic E-state index is 4.89. The Morgan fingerprint density at radius 2 is 1.44 bits per heavy atom. The van der Waals surface area contributed by atoms with E-state index in [1.54, 1.807) is 0 Å². The summed E-state index contributed by atoms with van der Waals surface area (Å²) < 4.78 is 0. The third-order valence-corrected chi connectivity index (χ3v) is 6.02. The van der Waals surface area contributed by atoms with Gasteiger partial charge in [0.15, 0.2) is 0 Å². The minimum absolute atomic E-state index is 0.937. The average molecular weight is 449 g/mol. The zero-order valence-corrected chi connectivity index (χ0v) is 20.8. The van der Waals surface area contributed by atoms with Crippen LogP contribution in [0.1, 0.15) is 29.2 Å². The van der Waals surface area contributed by atoms with Crippen LogP contribution in [0.25, 0.3) is 0 Å². The largest absolute Gasteiger partial charge is 0.388 e. The first kappa shape index (κ1) is 23.2. The molecular formula is C30H32N4. The van der Waals surface area contributed by atoms with Crippen molar-refractivity contribution >= 4 is 39.9 Å². The first-order chi connectivity index (χ1) is 16.3. The van der Waals surface area contributed by atoms with Crippen molar-refractivity contribution in [3.8, 4) is 0 Å². The van der Waals surface area contributed by atoms with Crippen LogP contribution in [0, 0.1) is 27.7 Å². The summed E-state index contributed by atoms with van der Waals surface area (Å²) in [5.41, 5.74) is 13.0. The molecule has 4 heteroatoms. The summed E-state index contributed by atoms with van der Waals surface area (Å²) in [6.07, 6.45) is 6.18. The molecule has 172 valence electrons. The van der Waals surface area contributed by atoms with Crippen molar-refractivity contribution in [1.29, 1.82) is 0 Å². The lowest BCUT2D eigenvalue weighted by Crippen LogP contribution is -2.05. The minimum atomic E-state index is 0.937. The topological polar surface area (TPSA) is 48.8 Å². The van der Waals surface area contributed by atoms with Gasteiger partial charge in [-0.25, -0.2) is 9.98 Å². The maximum atomic E-state index is 4.89. The fourth-order valence-electron chi connectivity index (χ4n) is 4.08. The number of hydrogen-bond donors (Lipinski definition) is 2. The second-order valence-electron chi connectivity index (χ2n) is 8.89. The molecule has 0 atom stereocenters. The quantitative estimate of drug-likeness (QED) is 0.388. The van der Waals surface area contributed by atoms with Crippen LogP contribution < -0.4 is 10.6 Å². The van der Waals surface area contributed by atoms with E-state index >= 15 is 0 Å². The Kier molecular flexibility index (Phi) is 6.78. The van der Waals surface area contributed by atoms with Crippen LogP contribution in [0.4, 0.5) is 28.4 Å². The van der Waals surface area contributed by atoms with Gasteiger partial charge in [0.25, 0.3) is 0 Å². The fourth-order valence-corrected chi connectivity index (χ4v) is 4.08. The number of allylic oxidation sites excluding steroid dienone is 4. The summed E-state index contributed by atoms with van der Waals surface area (Å²) in [7, 11) is 1.94. The number of hydrogen-bond acceptors (Lipinski definition) is 4. The molecular weight excluding hydrogens is 416 g/mol. The third-order valence-electron chi connectivity index (χ3n) is 6.02. The van der Waals surface area contributed by atoms with Gasteiger partial charge in [-0.3, -0.25) is 0 Å². The van der Waals surface area contributed by atoms with Gasteiger partial charge in [0, 0.05) is 24.1 Å². The van der Waals surface area contributed by atoms with Crippen LogP contribution in [0.2, 0.25) is 0 Å². The maximum Gasteiger partial charge on any atom is 0.0667 e. The monoisotopic (exact) mass is 448 g/mol. The van der Waals surface area contributed by atoms with Crippen LogP contribution in [0.3, 0.4) is 0 Å². The lowest BCUT2D eigenvalue weighted by atomic mass is 10.0. The fraction of sp³-hybridized carbons (Fsp3) is 0.200. The molecule has 0 saturated heterocycles. The Hall–Kier alpha value is -3.92. The van der Waals surface area contributed by atoms with E-state index < -0.39 is 0 Å². The highest BCUT2D eigenvalue weighted by atomic mass is 14.9. The van der Waals surface area contributed by atoms with Gasteiger partial charge >= 0.3 is 0 Å². The summed E-state index contributed by atoms with van der Waals surface area (Å²) >= 11 is 0. The van der Waals surface area contributed by atoms with E-state index in [-0.39, 0.29) is 0 Å². The number of benzene rings is 3. The van der Waals surface area contributed by atoms with Gasteiger partial charge in [0.05, 0.1) is 22.8 Å². The van der Waals surface area contributed by atoms with Crippen LogP contribution in [-0.4, -0.2) is 18.5 Å². The zero-order valence-electron chi connectivity index (χ0n) is 20.8. The predicted molar refractivity (Wildman–Crippen MR) is 148 cm³/mol. The first-order valence-electron chi connectivity index (χ1n) is 11.6. The molecule has 4 nitrogen and oxygen atoms in total. The Labute approximate surface area is 202 Å². The standard InChI is InChI=1S/C30H32N4/c1-19-7-11-28(20(2)15-19)32-25-9-13-30(22(4)17-25)34-26-10-14-29(23(5)18-26)33-24-8-12-27(31-6)21(3)16-24/h7-18,31,33H,1-6H3. The number of aryl methyl sites for hydroxylation is 4. The molecule has 0 aliphatic heterocycles. The van der Waals surface area contributed by atoms with Crippen LogP contribution >= 0.6 is 0 Å². The normalized spacial score (nSPS) is 15.5. The van der Waals surface area contributed by atoms with Gasteiger partial charge in [-0.15, -0.1) is 0 Å². The Morgan fingerprint density at radius 1 is 0.676 bits per heavy atom. The highest BCUT2D eigenvalue weighted by molar-refractivity contribution is 6.22. The van der Waals surface area contributed by atoms with Crippen molar-refractivity contribution in [2.24, 2.45) is 9.98 Å². The molecule has 4 rings (SSSR count). The van der Waals surface area contributed by atoms with Gasteiger partial charge < -0.3 is 10.6 Å². The molecule has 0 aromatic heterocycles. The molecule has 0 amide bonds. The summed E-state index contributed by atoms with van der Waals surface area (Å²) in [4.78, 5) is 9.71. The molecule has 0 spiro atoms. The molecule has 0 bridgehead atoms. The molecule has 2 N–H and O–H groups in total. The predicted octanol–water partition coefficient (Wildman–Crippen LogP) is 8.07. The van der Waals surface area contributed by atoms with Gasteiger partial charge in [-0.1, -0.05) is 17.7 Å². The third kappa shape index (κ3) is 5.34.